The van der Waals surface area contributed by atoms with Gasteiger partial charge in [0, 0.05) is 21.7 Å². The lowest BCUT2D eigenvalue weighted by atomic mass is 9.70. The van der Waals surface area contributed by atoms with Gasteiger partial charge in [-0.25, -0.2) is 0 Å². The Bertz CT molecular complexity index is 471. The van der Waals surface area contributed by atoms with E-state index < -0.39 is 51.6 Å². The summed E-state index contributed by atoms with van der Waals surface area (Å²) in [5, 5.41) is 22.0. The van der Waals surface area contributed by atoms with Crippen LogP contribution < -0.4 is 0 Å². The number of carbonyl (C=O) groups excluding carboxylic acids is 2. The number of hydrogen-bond acceptors (Lipinski definition) is 6. The molecule has 0 heterocycles. The summed E-state index contributed by atoms with van der Waals surface area (Å²) in [6.45, 7) is 21.0. The van der Waals surface area contributed by atoms with E-state index in [1.807, 2.05) is 0 Å². The van der Waals surface area contributed by atoms with Crippen LogP contribution in [0, 0.1) is 21.7 Å². The molecule has 0 unspecified atom stereocenters. The predicted octanol–water partition coefficient (Wildman–Crippen LogP) is 4.02. The second kappa shape index (κ2) is 7.36. The first-order chi connectivity index (χ1) is 11.5. The zero-order valence-electron chi connectivity index (χ0n) is 19.2. The number of carbonyl (C=O) groups is 2. The van der Waals surface area contributed by atoms with Crippen LogP contribution in [-0.4, -0.2) is 33.7 Å². The van der Waals surface area contributed by atoms with E-state index in [0.717, 1.165) is 0 Å². The van der Waals surface area contributed by atoms with Crippen molar-refractivity contribution >= 4 is 11.9 Å². The van der Waals surface area contributed by atoms with E-state index in [4.69, 9.17) is 9.47 Å². The van der Waals surface area contributed by atoms with Crippen LogP contribution in [0.2, 0.25) is 0 Å². The second-order valence-electron chi connectivity index (χ2n) is 11.4. The van der Waals surface area contributed by atoms with E-state index in [1.165, 1.54) is 0 Å². The SMILES string of the molecule is CC(C)(C)C(O)(OC(=O)CC(=O)OC(O)(C(C)(C)C)C(C)(C)C)C(C)(C)C. The Hall–Kier alpha value is -1.14. The lowest BCUT2D eigenvalue weighted by molar-refractivity contribution is -0.303. The molecule has 0 aromatic carbocycles. The molecule has 0 saturated carbocycles. The molecular weight excluding hydrogens is 348 g/mol. The standard InChI is InChI=1S/C21H40O6/c1-16(2,3)20(24,17(4,5)6)26-14(22)13-15(23)27-21(25,18(7,8)9)19(10,11)12/h24-25H,13H2,1-12H3. The molecular formula is C21H40O6. The largest absolute Gasteiger partial charge is 0.432 e. The highest BCUT2D eigenvalue weighted by molar-refractivity contribution is 5.91. The molecule has 0 aliphatic heterocycles. The first-order valence-corrected chi connectivity index (χ1v) is 9.38. The van der Waals surface area contributed by atoms with Crippen LogP contribution in [0.5, 0.6) is 0 Å². The van der Waals surface area contributed by atoms with Crippen molar-refractivity contribution in [2.75, 3.05) is 0 Å². The van der Waals surface area contributed by atoms with Crippen LogP contribution in [0.4, 0.5) is 0 Å². The van der Waals surface area contributed by atoms with Crippen molar-refractivity contribution in [3.05, 3.63) is 0 Å². The minimum absolute atomic E-state index is 0.705. The lowest BCUT2D eigenvalue weighted by Crippen LogP contribution is -2.57. The van der Waals surface area contributed by atoms with Gasteiger partial charge in [-0.1, -0.05) is 83.1 Å². The second-order valence-corrected chi connectivity index (χ2v) is 11.4. The summed E-state index contributed by atoms with van der Waals surface area (Å²) in [4.78, 5) is 24.8. The van der Waals surface area contributed by atoms with E-state index >= 15 is 0 Å². The maximum absolute atomic E-state index is 12.4. The monoisotopic (exact) mass is 388 g/mol. The fraction of sp³-hybridized carbons (Fsp3) is 0.905. The summed E-state index contributed by atoms with van der Waals surface area (Å²) in [6, 6.07) is 0. The van der Waals surface area contributed by atoms with Crippen LogP contribution >= 0.6 is 0 Å². The maximum Gasteiger partial charge on any atom is 0.319 e. The number of esters is 2. The van der Waals surface area contributed by atoms with Gasteiger partial charge < -0.3 is 19.7 Å². The third-order valence-corrected chi connectivity index (χ3v) is 4.88. The van der Waals surface area contributed by atoms with Gasteiger partial charge in [0.2, 0.25) is 11.6 Å². The zero-order valence-corrected chi connectivity index (χ0v) is 19.2. The Morgan fingerprint density at radius 3 is 0.889 bits per heavy atom. The van der Waals surface area contributed by atoms with Crippen molar-refractivity contribution in [2.45, 2.75) is 101 Å². The van der Waals surface area contributed by atoms with Gasteiger partial charge in [-0.2, -0.15) is 0 Å². The van der Waals surface area contributed by atoms with Crippen molar-refractivity contribution < 1.29 is 29.3 Å². The van der Waals surface area contributed by atoms with E-state index in [0.29, 0.717) is 0 Å². The molecule has 6 heteroatoms. The molecule has 6 nitrogen and oxygen atoms in total. The molecule has 0 amide bonds. The summed E-state index contributed by atoms with van der Waals surface area (Å²) in [6.07, 6.45) is -0.705. The van der Waals surface area contributed by atoms with E-state index in [-0.39, 0.29) is 0 Å². The van der Waals surface area contributed by atoms with Crippen LogP contribution in [0.3, 0.4) is 0 Å². The summed E-state index contributed by atoms with van der Waals surface area (Å²) in [5.74, 6) is -5.39. The third kappa shape index (κ3) is 5.44. The Labute approximate surface area is 164 Å². The molecule has 0 aliphatic carbocycles. The van der Waals surface area contributed by atoms with Gasteiger partial charge in [-0.15, -0.1) is 0 Å². The molecule has 0 aromatic heterocycles. The van der Waals surface area contributed by atoms with Gasteiger partial charge in [-0.05, 0) is 0 Å². The number of hydrogen-bond donors (Lipinski definition) is 2. The fourth-order valence-corrected chi connectivity index (χ4v) is 3.38. The van der Waals surface area contributed by atoms with Gasteiger partial charge in [-0.3, -0.25) is 9.59 Å². The average Bonchev–Trinajstić information content (AvgIpc) is 2.32. The van der Waals surface area contributed by atoms with E-state index in [2.05, 4.69) is 0 Å². The van der Waals surface area contributed by atoms with Crippen LogP contribution in [0.15, 0.2) is 0 Å². The van der Waals surface area contributed by atoms with E-state index in [1.54, 1.807) is 83.1 Å². The molecule has 0 radical (unpaired) electrons. The zero-order chi connectivity index (χ0) is 22.3. The minimum Gasteiger partial charge on any atom is -0.432 e. The third-order valence-electron chi connectivity index (χ3n) is 4.88. The molecule has 0 saturated heterocycles. The Morgan fingerprint density at radius 2 is 0.741 bits per heavy atom. The Balaban J connectivity index is 5.46. The number of rotatable bonds is 4. The summed E-state index contributed by atoms with van der Waals surface area (Å²) < 4.78 is 10.7. The molecule has 0 bridgehead atoms. The van der Waals surface area contributed by atoms with Gasteiger partial charge in [0.15, 0.2) is 0 Å². The van der Waals surface area contributed by atoms with Crippen molar-refractivity contribution in [1.82, 2.24) is 0 Å². The number of ether oxygens (including phenoxy) is 2. The molecule has 0 rings (SSSR count). The molecule has 0 fully saturated rings. The van der Waals surface area contributed by atoms with E-state index in [9.17, 15) is 19.8 Å². The highest BCUT2D eigenvalue weighted by Gasteiger charge is 2.55. The van der Waals surface area contributed by atoms with Gasteiger partial charge in [0.25, 0.3) is 0 Å². The lowest BCUT2D eigenvalue weighted by Gasteiger charge is -2.48. The van der Waals surface area contributed by atoms with Gasteiger partial charge >= 0.3 is 11.9 Å². The molecule has 27 heavy (non-hydrogen) atoms. The molecule has 0 aromatic rings. The first kappa shape index (κ1) is 25.9. The predicted molar refractivity (Wildman–Crippen MR) is 105 cm³/mol. The Morgan fingerprint density at radius 1 is 0.556 bits per heavy atom. The van der Waals surface area contributed by atoms with Crippen molar-refractivity contribution in [3.63, 3.8) is 0 Å². The summed E-state index contributed by atoms with van der Waals surface area (Å²) >= 11 is 0. The average molecular weight is 389 g/mol. The topological polar surface area (TPSA) is 93.1 Å². The van der Waals surface area contributed by atoms with Crippen LogP contribution in [0.1, 0.15) is 89.5 Å². The van der Waals surface area contributed by atoms with Crippen molar-refractivity contribution in [3.8, 4) is 0 Å². The normalized spacial score (nSPS) is 14.7. The first-order valence-electron chi connectivity index (χ1n) is 9.38. The fourth-order valence-electron chi connectivity index (χ4n) is 3.38. The highest BCUT2D eigenvalue weighted by Crippen LogP contribution is 2.46. The van der Waals surface area contributed by atoms with Gasteiger partial charge in [0.1, 0.15) is 6.42 Å². The quantitative estimate of drug-likeness (QED) is 0.429. The summed E-state index contributed by atoms with van der Waals surface area (Å²) in [7, 11) is 0. The summed E-state index contributed by atoms with van der Waals surface area (Å²) in [5.41, 5.74) is -3.10. The van der Waals surface area contributed by atoms with Crippen LogP contribution in [0.25, 0.3) is 0 Å². The minimum atomic E-state index is -1.79. The Kier molecular flexibility index (Phi) is 7.05. The van der Waals surface area contributed by atoms with Gasteiger partial charge in [0.05, 0.1) is 0 Å². The smallest absolute Gasteiger partial charge is 0.319 e. The molecule has 0 aliphatic rings. The molecule has 0 atom stereocenters. The van der Waals surface area contributed by atoms with Crippen molar-refractivity contribution in [1.29, 1.82) is 0 Å². The number of aliphatic hydroxyl groups is 2. The molecule has 160 valence electrons. The highest BCUT2D eigenvalue weighted by atomic mass is 16.7. The molecule has 2 N–H and O–H groups in total. The van der Waals surface area contributed by atoms with Crippen molar-refractivity contribution in [2.24, 2.45) is 21.7 Å². The molecule has 0 spiro atoms. The maximum atomic E-state index is 12.4. The van der Waals surface area contributed by atoms with Crippen LogP contribution in [-0.2, 0) is 19.1 Å².